The zero-order chi connectivity index (χ0) is 24.6. The molecule has 34 heavy (non-hydrogen) atoms. The van der Waals surface area contributed by atoms with E-state index in [4.69, 9.17) is 13.9 Å². The first-order chi connectivity index (χ1) is 16.2. The average molecular weight is 492 g/mol. The normalized spacial score (nSPS) is 21.8. The summed E-state index contributed by atoms with van der Waals surface area (Å²) in [6, 6.07) is 10.3. The molecule has 2 aliphatic rings. The molecule has 0 spiro atoms. The smallest absolute Gasteiger partial charge is 0.192 e. The number of morpholine rings is 1. The van der Waals surface area contributed by atoms with Crippen molar-refractivity contribution >= 4 is 8.32 Å². The molecular weight excluding hydrogens is 442 g/mol. The van der Waals surface area contributed by atoms with Crippen molar-refractivity contribution < 1.29 is 19.0 Å². The Morgan fingerprint density at radius 2 is 1.71 bits per heavy atom. The van der Waals surface area contributed by atoms with Crippen molar-refractivity contribution in [3.8, 4) is 0 Å². The second-order valence-electron chi connectivity index (χ2n) is 11.9. The van der Waals surface area contributed by atoms with E-state index in [2.05, 4.69) is 50.9 Å². The highest BCUT2D eigenvalue weighted by molar-refractivity contribution is 6.74. The summed E-state index contributed by atoms with van der Waals surface area (Å²) in [4.78, 5) is 2.30. The third kappa shape index (κ3) is 8.42. The van der Waals surface area contributed by atoms with Gasteiger partial charge in [0.1, 0.15) is 6.10 Å². The summed E-state index contributed by atoms with van der Waals surface area (Å²) in [5.74, 6) is 0.655. The minimum atomic E-state index is -2.05. The maximum atomic E-state index is 11.6. The molecular formula is C28H49NO4Si. The fraction of sp³-hybridized carbons (Fsp3) is 0.786. The molecule has 5 nitrogen and oxygen atoms in total. The first kappa shape index (κ1) is 27.8. The van der Waals surface area contributed by atoms with Crippen molar-refractivity contribution in [1.29, 1.82) is 0 Å². The van der Waals surface area contributed by atoms with Crippen molar-refractivity contribution in [2.75, 3.05) is 32.8 Å². The van der Waals surface area contributed by atoms with E-state index in [1.54, 1.807) is 0 Å². The molecule has 1 aliphatic heterocycles. The van der Waals surface area contributed by atoms with Crippen LogP contribution in [-0.2, 0) is 20.5 Å². The Kier molecular flexibility index (Phi) is 10.6. The SMILES string of the molecule is CC(C)(C)[Si](C)(C)OC(CC1CCCCC1)C(OCc1ccccc1)C(O)CN1CCOCC1. The molecule has 1 saturated heterocycles. The zero-order valence-corrected chi connectivity index (χ0v) is 23.3. The van der Waals surface area contributed by atoms with Crippen LogP contribution in [0.5, 0.6) is 0 Å². The van der Waals surface area contributed by atoms with Crippen LogP contribution in [0.2, 0.25) is 18.1 Å². The first-order valence-corrected chi connectivity index (χ1v) is 16.4. The molecule has 0 aromatic heterocycles. The monoisotopic (exact) mass is 491 g/mol. The number of hydrogen-bond acceptors (Lipinski definition) is 5. The van der Waals surface area contributed by atoms with Gasteiger partial charge in [0.2, 0.25) is 0 Å². The van der Waals surface area contributed by atoms with E-state index in [0.717, 1.165) is 38.3 Å². The van der Waals surface area contributed by atoms with E-state index in [-0.39, 0.29) is 17.2 Å². The van der Waals surface area contributed by atoms with Crippen LogP contribution in [0.1, 0.15) is 64.9 Å². The minimum Gasteiger partial charge on any atom is -0.411 e. The Bertz CT molecular complexity index is 696. The average Bonchev–Trinajstić information content (AvgIpc) is 2.80. The van der Waals surface area contributed by atoms with Crippen molar-refractivity contribution in [2.45, 2.75) is 102 Å². The molecule has 0 radical (unpaired) electrons. The number of rotatable bonds is 11. The Hall–Kier alpha value is -0.763. The van der Waals surface area contributed by atoms with Gasteiger partial charge in [-0.15, -0.1) is 0 Å². The maximum absolute atomic E-state index is 11.6. The van der Waals surface area contributed by atoms with Gasteiger partial charge < -0.3 is 19.0 Å². The molecule has 2 fully saturated rings. The lowest BCUT2D eigenvalue weighted by atomic mass is 9.84. The van der Waals surface area contributed by atoms with E-state index in [1.807, 2.05) is 18.2 Å². The Morgan fingerprint density at radius 3 is 2.32 bits per heavy atom. The quantitative estimate of drug-likeness (QED) is 0.407. The fourth-order valence-corrected chi connectivity index (χ4v) is 6.28. The first-order valence-electron chi connectivity index (χ1n) is 13.5. The molecule has 0 bridgehead atoms. The molecule has 0 amide bonds. The lowest BCUT2D eigenvalue weighted by Crippen LogP contribution is -2.54. The molecule has 194 valence electrons. The van der Waals surface area contributed by atoms with Crippen LogP contribution < -0.4 is 0 Å². The van der Waals surface area contributed by atoms with Crippen molar-refractivity contribution in [3.05, 3.63) is 35.9 Å². The van der Waals surface area contributed by atoms with Gasteiger partial charge in [-0.05, 0) is 36.0 Å². The second-order valence-corrected chi connectivity index (χ2v) is 16.7. The molecule has 6 heteroatoms. The van der Waals surface area contributed by atoms with E-state index in [1.165, 1.54) is 32.1 Å². The summed E-state index contributed by atoms with van der Waals surface area (Å²) in [5, 5.41) is 11.7. The predicted octanol–water partition coefficient (Wildman–Crippen LogP) is 5.63. The van der Waals surface area contributed by atoms with Crippen molar-refractivity contribution in [3.63, 3.8) is 0 Å². The fourth-order valence-electron chi connectivity index (χ4n) is 4.94. The molecule has 1 N–H and O–H groups in total. The third-order valence-electron chi connectivity index (χ3n) is 8.12. The largest absolute Gasteiger partial charge is 0.411 e. The third-order valence-corrected chi connectivity index (χ3v) is 12.6. The summed E-state index contributed by atoms with van der Waals surface area (Å²) in [5.41, 5.74) is 1.13. The number of aliphatic hydroxyl groups excluding tert-OH is 1. The van der Waals surface area contributed by atoms with Gasteiger partial charge in [-0.3, -0.25) is 4.90 Å². The number of hydrogen-bond donors (Lipinski definition) is 1. The van der Waals surface area contributed by atoms with E-state index in [9.17, 15) is 5.11 Å². The van der Waals surface area contributed by atoms with E-state index >= 15 is 0 Å². The Labute approximate surface area is 209 Å². The molecule has 1 aromatic carbocycles. The van der Waals surface area contributed by atoms with Gasteiger partial charge in [0.05, 0.1) is 32.0 Å². The molecule has 3 atom stereocenters. The van der Waals surface area contributed by atoms with Gasteiger partial charge >= 0.3 is 0 Å². The van der Waals surface area contributed by atoms with Crippen molar-refractivity contribution in [1.82, 2.24) is 4.90 Å². The van der Waals surface area contributed by atoms with Crippen molar-refractivity contribution in [2.24, 2.45) is 5.92 Å². The molecule has 1 saturated carbocycles. The lowest BCUT2D eigenvalue weighted by molar-refractivity contribution is -0.118. The van der Waals surface area contributed by atoms with Gasteiger partial charge in [-0.25, -0.2) is 0 Å². The number of β-amino-alcohol motifs (C(OH)–C–C–N with tert-alkyl or cyclic N) is 1. The van der Waals surface area contributed by atoms with Gasteiger partial charge in [0, 0.05) is 19.6 Å². The highest BCUT2D eigenvalue weighted by atomic mass is 28.4. The number of ether oxygens (including phenoxy) is 2. The zero-order valence-electron chi connectivity index (χ0n) is 22.3. The maximum Gasteiger partial charge on any atom is 0.192 e. The summed E-state index contributed by atoms with van der Waals surface area (Å²) in [6.07, 6.45) is 6.43. The van der Waals surface area contributed by atoms with Crippen LogP contribution in [0.25, 0.3) is 0 Å². The van der Waals surface area contributed by atoms with Crippen LogP contribution in [0.15, 0.2) is 30.3 Å². The number of aliphatic hydroxyl groups is 1. The minimum absolute atomic E-state index is 0.0938. The molecule has 1 heterocycles. The van der Waals surface area contributed by atoms with E-state index in [0.29, 0.717) is 19.1 Å². The molecule has 3 unspecified atom stereocenters. The molecule has 1 aliphatic carbocycles. The summed E-state index contributed by atoms with van der Waals surface area (Å²) < 4.78 is 19.2. The highest BCUT2D eigenvalue weighted by Gasteiger charge is 2.43. The topological polar surface area (TPSA) is 51.2 Å². The van der Waals surface area contributed by atoms with Gasteiger partial charge in [0.25, 0.3) is 0 Å². The standard InChI is InChI=1S/C28H49NO4Si/c1-28(2,3)34(4,5)33-26(20-23-12-8-6-9-13-23)27(32-22-24-14-10-7-11-15-24)25(30)21-29-16-18-31-19-17-29/h7,10-11,14-15,23,25-27,30H,6,8-9,12-13,16-22H2,1-5H3. The van der Waals surface area contributed by atoms with Crippen LogP contribution in [0.4, 0.5) is 0 Å². The Balaban J connectivity index is 1.82. The van der Waals surface area contributed by atoms with E-state index < -0.39 is 14.4 Å². The van der Waals surface area contributed by atoms with Gasteiger partial charge in [-0.2, -0.15) is 0 Å². The molecule has 1 aromatic rings. The van der Waals surface area contributed by atoms with Gasteiger partial charge in [0.15, 0.2) is 8.32 Å². The predicted molar refractivity (Wildman–Crippen MR) is 142 cm³/mol. The summed E-state index contributed by atoms with van der Waals surface area (Å²) >= 11 is 0. The Morgan fingerprint density at radius 1 is 1.06 bits per heavy atom. The van der Waals surface area contributed by atoms with Crippen LogP contribution in [0.3, 0.4) is 0 Å². The lowest BCUT2D eigenvalue weighted by Gasteiger charge is -2.44. The van der Waals surface area contributed by atoms with Gasteiger partial charge in [-0.1, -0.05) is 83.2 Å². The van der Waals surface area contributed by atoms with Crippen LogP contribution >= 0.6 is 0 Å². The summed E-state index contributed by atoms with van der Waals surface area (Å²) in [6.45, 7) is 15.8. The second kappa shape index (κ2) is 13.0. The number of nitrogens with zero attached hydrogens (tertiary/aromatic N) is 1. The van der Waals surface area contributed by atoms with Crippen LogP contribution in [0, 0.1) is 5.92 Å². The molecule has 3 rings (SSSR count). The number of benzene rings is 1. The van der Waals surface area contributed by atoms with Crippen LogP contribution in [-0.4, -0.2) is 69.5 Å². The summed E-state index contributed by atoms with van der Waals surface area (Å²) in [7, 11) is -2.05. The highest BCUT2D eigenvalue weighted by Crippen LogP contribution is 2.40.